The summed E-state index contributed by atoms with van der Waals surface area (Å²) >= 11 is 0. The average Bonchev–Trinajstić information content (AvgIpc) is 2.69. The molecule has 0 fully saturated rings. The molecule has 0 radical (unpaired) electrons. The number of aliphatic hydroxyl groups excluding tert-OH is 4. The lowest BCUT2D eigenvalue weighted by Gasteiger charge is -2.19. The molecule has 0 aliphatic carbocycles. The van der Waals surface area contributed by atoms with E-state index in [4.69, 9.17) is 14.6 Å². The first-order valence-electron chi connectivity index (χ1n) is 5.82. The third-order valence-electron chi connectivity index (χ3n) is 2.40. The van der Waals surface area contributed by atoms with Gasteiger partial charge in [-0.3, -0.25) is 0 Å². The molecule has 1 aliphatic rings. The van der Waals surface area contributed by atoms with Gasteiger partial charge in [-0.25, -0.2) is 4.79 Å². The van der Waals surface area contributed by atoms with Crippen molar-refractivity contribution in [1.82, 2.24) is 0 Å². The van der Waals surface area contributed by atoms with Gasteiger partial charge in [0.1, 0.15) is 18.8 Å². The minimum atomic E-state index is -1.41. The van der Waals surface area contributed by atoms with Crippen LogP contribution in [0.2, 0.25) is 0 Å². The van der Waals surface area contributed by atoms with Crippen LogP contribution in [0.3, 0.4) is 0 Å². The molecule has 3 atom stereocenters. The Morgan fingerprint density at radius 1 is 1.37 bits per heavy atom. The maximum atomic E-state index is 11.1. The number of cyclic esters (lactones) is 1. The topological polar surface area (TPSA) is 126 Å². The Kier molecular flexibility index (Phi) is 6.03. The Bertz CT molecular complexity index is 340. The molecular formula is C11H18O8. The van der Waals surface area contributed by atoms with Crippen molar-refractivity contribution in [2.75, 3.05) is 26.4 Å². The van der Waals surface area contributed by atoms with Gasteiger partial charge in [0.05, 0.1) is 13.2 Å². The number of carbonyl (C=O) groups is 1. The number of esters is 1. The highest BCUT2D eigenvalue weighted by molar-refractivity contribution is 5.89. The van der Waals surface area contributed by atoms with Crippen LogP contribution in [0.1, 0.15) is 6.92 Å². The summed E-state index contributed by atoms with van der Waals surface area (Å²) in [5.74, 6) is -2.13. The Morgan fingerprint density at radius 3 is 2.63 bits per heavy atom. The summed E-state index contributed by atoms with van der Waals surface area (Å²) in [4.78, 5) is 11.1. The number of carbonyl (C=O) groups excluding carboxylic acids is 1. The van der Waals surface area contributed by atoms with E-state index in [-0.39, 0.29) is 19.0 Å². The van der Waals surface area contributed by atoms with Gasteiger partial charge in [0.15, 0.2) is 11.9 Å². The summed E-state index contributed by atoms with van der Waals surface area (Å²) in [6.07, 6.45) is -3.65. The quantitative estimate of drug-likeness (QED) is 0.393. The van der Waals surface area contributed by atoms with E-state index in [0.29, 0.717) is 6.61 Å². The Hall–Kier alpha value is -1.35. The third-order valence-corrected chi connectivity index (χ3v) is 2.40. The number of hydrogen-bond acceptors (Lipinski definition) is 8. The van der Waals surface area contributed by atoms with Gasteiger partial charge in [0.25, 0.3) is 0 Å². The first-order valence-corrected chi connectivity index (χ1v) is 5.82. The van der Waals surface area contributed by atoms with Crippen LogP contribution in [0.15, 0.2) is 11.5 Å². The Balaban J connectivity index is 2.59. The lowest BCUT2D eigenvalue weighted by Crippen LogP contribution is -2.33. The second-order valence-corrected chi connectivity index (χ2v) is 3.91. The molecule has 0 aromatic carbocycles. The highest BCUT2D eigenvalue weighted by Gasteiger charge is 2.40. The first kappa shape index (κ1) is 15.7. The molecule has 1 heterocycles. The molecule has 110 valence electrons. The van der Waals surface area contributed by atoms with Crippen LogP contribution in [-0.2, 0) is 19.0 Å². The van der Waals surface area contributed by atoms with Crippen molar-refractivity contribution in [1.29, 1.82) is 0 Å². The van der Waals surface area contributed by atoms with Gasteiger partial charge in [-0.15, -0.1) is 0 Å². The van der Waals surface area contributed by atoms with E-state index in [0.717, 1.165) is 0 Å². The molecule has 1 rings (SSSR count). The van der Waals surface area contributed by atoms with Crippen LogP contribution in [0, 0.1) is 0 Å². The summed E-state index contributed by atoms with van der Waals surface area (Å²) in [7, 11) is 0. The van der Waals surface area contributed by atoms with Crippen molar-refractivity contribution < 1.29 is 39.4 Å². The Morgan fingerprint density at radius 2 is 2.05 bits per heavy atom. The van der Waals surface area contributed by atoms with Gasteiger partial charge in [0.2, 0.25) is 5.76 Å². The molecule has 19 heavy (non-hydrogen) atoms. The van der Waals surface area contributed by atoms with E-state index in [1.807, 2.05) is 0 Å². The molecule has 8 heteroatoms. The van der Waals surface area contributed by atoms with Crippen LogP contribution in [0.4, 0.5) is 0 Å². The molecule has 0 aromatic heterocycles. The molecule has 8 nitrogen and oxygen atoms in total. The fourth-order valence-corrected chi connectivity index (χ4v) is 1.45. The lowest BCUT2D eigenvalue weighted by molar-refractivity contribution is -0.148. The van der Waals surface area contributed by atoms with Gasteiger partial charge in [-0.2, -0.15) is 0 Å². The van der Waals surface area contributed by atoms with Gasteiger partial charge >= 0.3 is 5.97 Å². The van der Waals surface area contributed by atoms with E-state index >= 15 is 0 Å². The molecular weight excluding hydrogens is 260 g/mol. The predicted octanol–water partition coefficient (Wildman–Crippen LogP) is -1.55. The van der Waals surface area contributed by atoms with E-state index in [9.17, 15) is 20.1 Å². The third kappa shape index (κ3) is 4.06. The summed E-state index contributed by atoms with van der Waals surface area (Å²) < 4.78 is 14.7. The fourth-order valence-electron chi connectivity index (χ4n) is 1.45. The van der Waals surface area contributed by atoms with Crippen LogP contribution in [0.25, 0.3) is 0 Å². The van der Waals surface area contributed by atoms with E-state index < -0.39 is 36.6 Å². The monoisotopic (exact) mass is 278 g/mol. The van der Waals surface area contributed by atoms with Gasteiger partial charge < -0.3 is 34.6 Å². The SMILES string of the molecule is CCOCC(O)COC1=C(O)C(=O)O[C@@H]1[C@@H](O)CO. The second-order valence-electron chi connectivity index (χ2n) is 3.91. The maximum absolute atomic E-state index is 11.1. The van der Waals surface area contributed by atoms with Crippen molar-refractivity contribution >= 4 is 5.97 Å². The highest BCUT2D eigenvalue weighted by atomic mass is 16.6. The molecule has 0 bridgehead atoms. The first-order chi connectivity index (χ1) is 9.01. The second kappa shape index (κ2) is 7.29. The predicted molar refractivity (Wildman–Crippen MR) is 61.1 cm³/mol. The molecule has 1 aliphatic heterocycles. The summed E-state index contributed by atoms with van der Waals surface area (Å²) in [6.45, 7) is 1.31. The van der Waals surface area contributed by atoms with Gasteiger partial charge in [-0.1, -0.05) is 0 Å². The average molecular weight is 278 g/mol. The largest absolute Gasteiger partial charge is 0.499 e. The molecule has 0 amide bonds. The van der Waals surface area contributed by atoms with Crippen LogP contribution in [-0.4, -0.2) is 71.1 Å². The molecule has 0 saturated heterocycles. The van der Waals surface area contributed by atoms with Gasteiger partial charge in [-0.05, 0) is 6.92 Å². The van der Waals surface area contributed by atoms with Crippen molar-refractivity contribution in [2.45, 2.75) is 25.2 Å². The normalized spacial score (nSPS) is 22.3. The number of hydrogen-bond donors (Lipinski definition) is 4. The van der Waals surface area contributed by atoms with Crippen LogP contribution < -0.4 is 0 Å². The number of rotatable bonds is 8. The fraction of sp³-hybridized carbons (Fsp3) is 0.727. The molecule has 4 N–H and O–H groups in total. The molecule has 0 saturated carbocycles. The van der Waals surface area contributed by atoms with E-state index in [1.165, 1.54) is 0 Å². The van der Waals surface area contributed by atoms with Crippen molar-refractivity contribution in [2.24, 2.45) is 0 Å². The zero-order valence-corrected chi connectivity index (χ0v) is 10.5. The van der Waals surface area contributed by atoms with E-state index in [2.05, 4.69) is 4.74 Å². The summed E-state index contributed by atoms with van der Waals surface area (Å²) in [5.41, 5.74) is 0. The highest BCUT2D eigenvalue weighted by Crippen LogP contribution is 2.24. The standard InChI is InChI=1S/C11H18O8/c1-2-17-4-6(13)5-18-10-8(15)11(16)19-9(10)7(14)3-12/h6-7,9,12-15H,2-5H2,1H3/t6?,7-,9+/m0/s1. The summed E-state index contributed by atoms with van der Waals surface area (Å²) in [6, 6.07) is 0. The molecule has 1 unspecified atom stereocenters. The van der Waals surface area contributed by atoms with Crippen molar-refractivity contribution in [3.63, 3.8) is 0 Å². The van der Waals surface area contributed by atoms with E-state index in [1.54, 1.807) is 6.92 Å². The van der Waals surface area contributed by atoms with Crippen molar-refractivity contribution in [3.8, 4) is 0 Å². The molecule has 0 aromatic rings. The zero-order valence-electron chi connectivity index (χ0n) is 10.5. The minimum Gasteiger partial charge on any atom is -0.499 e. The maximum Gasteiger partial charge on any atom is 0.378 e. The van der Waals surface area contributed by atoms with Crippen LogP contribution in [0.5, 0.6) is 0 Å². The smallest absolute Gasteiger partial charge is 0.378 e. The van der Waals surface area contributed by atoms with Crippen LogP contribution >= 0.6 is 0 Å². The Labute approximate surface area is 109 Å². The zero-order chi connectivity index (χ0) is 14.4. The minimum absolute atomic E-state index is 0.0343. The molecule has 0 spiro atoms. The number of ether oxygens (including phenoxy) is 3. The van der Waals surface area contributed by atoms with Gasteiger partial charge in [0, 0.05) is 6.61 Å². The number of aliphatic hydroxyl groups is 4. The van der Waals surface area contributed by atoms with Crippen molar-refractivity contribution in [3.05, 3.63) is 11.5 Å². The lowest BCUT2D eigenvalue weighted by atomic mass is 10.2. The summed E-state index contributed by atoms with van der Waals surface area (Å²) in [5, 5.41) is 37.2.